The molecule has 140 valence electrons. The number of hydrogen-bond acceptors (Lipinski definition) is 1. The highest BCUT2D eigenvalue weighted by Crippen LogP contribution is 2.36. The van der Waals surface area contributed by atoms with Crippen molar-refractivity contribution in [2.75, 3.05) is 0 Å². The van der Waals surface area contributed by atoms with Crippen molar-refractivity contribution in [3.63, 3.8) is 0 Å². The highest BCUT2D eigenvalue weighted by atomic mass is 14.7. The molecule has 0 fully saturated rings. The molecule has 1 aromatic heterocycles. The lowest BCUT2D eigenvalue weighted by Gasteiger charge is -2.12. The Balaban J connectivity index is 1.61. The standard InChI is InChI=1S/C29H19N/c1-2-9-20(10-3-1)28-15-8-16-29(30-28)21-17-18-26-24-13-5-4-11-22(24)23-12-6-7-14-25(23)27(26)19-21/h1-19H. The van der Waals surface area contributed by atoms with E-state index in [9.17, 15) is 0 Å². The first-order chi connectivity index (χ1) is 14.9. The molecule has 1 heteroatoms. The molecule has 0 aliphatic rings. The van der Waals surface area contributed by atoms with Gasteiger partial charge in [0.25, 0.3) is 0 Å². The van der Waals surface area contributed by atoms with Crippen molar-refractivity contribution in [3.8, 4) is 22.5 Å². The molecular weight excluding hydrogens is 362 g/mol. The van der Waals surface area contributed by atoms with Crippen molar-refractivity contribution in [3.05, 3.63) is 115 Å². The van der Waals surface area contributed by atoms with Crippen LogP contribution in [0.4, 0.5) is 0 Å². The number of hydrogen-bond donors (Lipinski definition) is 0. The summed E-state index contributed by atoms with van der Waals surface area (Å²) in [5.74, 6) is 0. The summed E-state index contributed by atoms with van der Waals surface area (Å²) in [6.45, 7) is 0. The summed E-state index contributed by atoms with van der Waals surface area (Å²) in [7, 11) is 0. The molecule has 1 heterocycles. The molecule has 0 atom stereocenters. The van der Waals surface area contributed by atoms with Crippen LogP contribution in [0, 0.1) is 0 Å². The second-order valence-electron chi connectivity index (χ2n) is 7.63. The molecule has 6 rings (SSSR count). The van der Waals surface area contributed by atoms with Gasteiger partial charge in [-0.3, -0.25) is 0 Å². The molecule has 0 spiro atoms. The Morgan fingerprint density at radius 2 is 0.833 bits per heavy atom. The minimum atomic E-state index is 0.996. The van der Waals surface area contributed by atoms with Gasteiger partial charge in [-0.05, 0) is 50.5 Å². The van der Waals surface area contributed by atoms with E-state index in [0.29, 0.717) is 0 Å². The summed E-state index contributed by atoms with van der Waals surface area (Å²) >= 11 is 0. The zero-order chi connectivity index (χ0) is 19.9. The second kappa shape index (κ2) is 6.82. The molecule has 0 amide bonds. The maximum Gasteiger partial charge on any atom is 0.0709 e. The third kappa shape index (κ3) is 2.67. The zero-order valence-electron chi connectivity index (χ0n) is 16.4. The summed E-state index contributed by atoms with van der Waals surface area (Å²) in [5.41, 5.74) is 4.27. The van der Waals surface area contributed by atoms with Gasteiger partial charge in [0.1, 0.15) is 0 Å². The van der Waals surface area contributed by atoms with Crippen LogP contribution in [-0.2, 0) is 0 Å². The van der Waals surface area contributed by atoms with E-state index in [-0.39, 0.29) is 0 Å². The van der Waals surface area contributed by atoms with Crippen LogP contribution in [0.2, 0.25) is 0 Å². The van der Waals surface area contributed by atoms with E-state index >= 15 is 0 Å². The molecule has 0 aliphatic carbocycles. The molecule has 30 heavy (non-hydrogen) atoms. The second-order valence-corrected chi connectivity index (χ2v) is 7.63. The Labute approximate surface area is 175 Å². The van der Waals surface area contributed by atoms with Crippen molar-refractivity contribution in [1.29, 1.82) is 0 Å². The minimum Gasteiger partial charge on any atom is -0.248 e. The number of nitrogens with zero attached hydrogens (tertiary/aromatic N) is 1. The van der Waals surface area contributed by atoms with Crippen molar-refractivity contribution in [2.45, 2.75) is 0 Å². The van der Waals surface area contributed by atoms with E-state index in [1.807, 2.05) is 6.07 Å². The van der Waals surface area contributed by atoms with Crippen LogP contribution in [-0.4, -0.2) is 4.98 Å². The Morgan fingerprint density at radius 1 is 0.333 bits per heavy atom. The smallest absolute Gasteiger partial charge is 0.0709 e. The molecule has 1 nitrogen and oxygen atoms in total. The number of pyridine rings is 1. The third-order valence-electron chi connectivity index (χ3n) is 5.86. The number of fused-ring (bicyclic) bond motifs is 6. The first kappa shape index (κ1) is 16.9. The lowest BCUT2D eigenvalue weighted by atomic mass is 9.93. The third-order valence-corrected chi connectivity index (χ3v) is 5.86. The predicted octanol–water partition coefficient (Wildman–Crippen LogP) is 7.88. The largest absolute Gasteiger partial charge is 0.248 e. The quantitative estimate of drug-likeness (QED) is 0.278. The van der Waals surface area contributed by atoms with Crippen LogP contribution < -0.4 is 0 Å². The van der Waals surface area contributed by atoms with Crippen molar-refractivity contribution < 1.29 is 0 Å². The molecular formula is C29H19N. The van der Waals surface area contributed by atoms with Gasteiger partial charge in [-0.1, -0.05) is 97.1 Å². The van der Waals surface area contributed by atoms with E-state index in [1.165, 1.54) is 32.3 Å². The van der Waals surface area contributed by atoms with Crippen molar-refractivity contribution in [2.24, 2.45) is 0 Å². The fraction of sp³-hybridized carbons (Fsp3) is 0. The highest BCUT2D eigenvalue weighted by Gasteiger charge is 2.10. The normalized spacial score (nSPS) is 11.3. The molecule has 0 bridgehead atoms. The van der Waals surface area contributed by atoms with Crippen LogP contribution in [0.15, 0.2) is 115 Å². The summed E-state index contributed by atoms with van der Waals surface area (Å²) in [6, 6.07) is 40.7. The maximum atomic E-state index is 4.96. The van der Waals surface area contributed by atoms with Crippen LogP contribution in [0.3, 0.4) is 0 Å². The SMILES string of the molecule is c1ccc(-c2cccc(-c3ccc4c5ccccc5c5ccccc5c4c3)n2)cc1. The van der Waals surface area contributed by atoms with Gasteiger partial charge in [-0.2, -0.15) is 0 Å². The van der Waals surface area contributed by atoms with Crippen LogP contribution in [0.5, 0.6) is 0 Å². The van der Waals surface area contributed by atoms with Gasteiger partial charge in [0.15, 0.2) is 0 Å². The summed E-state index contributed by atoms with van der Waals surface area (Å²) in [5, 5.41) is 7.73. The summed E-state index contributed by atoms with van der Waals surface area (Å²) in [4.78, 5) is 4.96. The molecule has 0 unspecified atom stereocenters. The molecule has 0 radical (unpaired) electrons. The van der Waals surface area contributed by atoms with Crippen LogP contribution in [0.25, 0.3) is 54.8 Å². The van der Waals surface area contributed by atoms with Gasteiger partial charge in [0, 0.05) is 11.1 Å². The van der Waals surface area contributed by atoms with Gasteiger partial charge < -0.3 is 0 Å². The average Bonchev–Trinajstić information content (AvgIpc) is 2.84. The number of aromatic nitrogens is 1. The Hall–Kier alpha value is -3.97. The van der Waals surface area contributed by atoms with E-state index in [1.54, 1.807) is 0 Å². The van der Waals surface area contributed by atoms with Gasteiger partial charge in [0.05, 0.1) is 11.4 Å². The molecule has 0 N–H and O–H groups in total. The molecule has 6 aromatic rings. The summed E-state index contributed by atoms with van der Waals surface area (Å²) in [6.07, 6.45) is 0. The first-order valence-electron chi connectivity index (χ1n) is 10.2. The number of rotatable bonds is 2. The number of benzene rings is 5. The van der Waals surface area contributed by atoms with Crippen LogP contribution >= 0.6 is 0 Å². The van der Waals surface area contributed by atoms with Gasteiger partial charge in [0.2, 0.25) is 0 Å². The summed E-state index contributed by atoms with van der Waals surface area (Å²) < 4.78 is 0. The van der Waals surface area contributed by atoms with Gasteiger partial charge in [-0.15, -0.1) is 0 Å². The van der Waals surface area contributed by atoms with E-state index < -0.39 is 0 Å². The topological polar surface area (TPSA) is 12.9 Å². The van der Waals surface area contributed by atoms with E-state index in [2.05, 4.69) is 109 Å². The van der Waals surface area contributed by atoms with Crippen molar-refractivity contribution in [1.82, 2.24) is 4.98 Å². The average molecular weight is 381 g/mol. The zero-order valence-corrected chi connectivity index (χ0v) is 16.4. The van der Waals surface area contributed by atoms with Crippen molar-refractivity contribution >= 4 is 32.3 Å². The monoisotopic (exact) mass is 381 g/mol. The van der Waals surface area contributed by atoms with E-state index in [4.69, 9.17) is 4.98 Å². The van der Waals surface area contributed by atoms with Gasteiger partial charge >= 0.3 is 0 Å². The lowest BCUT2D eigenvalue weighted by Crippen LogP contribution is -1.89. The Bertz CT molecular complexity index is 1500. The van der Waals surface area contributed by atoms with E-state index in [0.717, 1.165) is 22.5 Å². The predicted molar refractivity (Wildman–Crippen MR) is 128 cm³/mol. The van der Waals surface area contributed by atoms with Crippen LogP contribution in [0.1, 0.15) is 0 Å². The molecule has 0 saturated heterocycles. The maximum absolute atomic E-state index is 4.96. The Kier molecular flexibility index (Phi) is 3.85. The molecule has 0 aliphatic heterocycles. The lowest BCUT2D eigenvalue weighted by molar-refractivity contribution is 1.33. The molecule has 0 saturated carbocycles. The Morgan fingerprint density at radius 3 is 1.47 bits per heavy atom. The first-order valence-corrected chi connectivity index (χ1v) is 10.2. The fourth-order valence-electron chi connectivity index (χ4n) is 4.43. The van der Waals surface area contributed by atoms with Gasteiger partial charge in [-0.25, -0.2) is 4.98 Å². The highest BCUT2D eigenvalue weighted by molar-refractivity contribution is 6.25. The molecule has 5 aromatic carbocycles. The fourth-order valence-corrected chi connectivity index (χ4v) is 4.43. The minimum absolute atomic E-state index is 0.996.